The van der Waals surface area contributed by atoms with Crippen molar-refractivity contribution in [1.29, 1.82) is 0 Å². The topological polar surface area (TPSA) is 64.3 Å². The van der Waals surface area contributed by atoms with Gasteiger partial charge in [-0.1, -0.05) is 6.92 Å². The number of anilines is 3. The first-order valence-corrected chi connectivity index (χ1v) is 7.07. The second-order valence-electron chi connectivity index (χ2n) is 4.98. The number of hydrogen-bond acceptors (Lipinski definition) is 5. The van der Waals surface area contributed by atoms with Crippen LogP contribution < -0.4 is 15.4 Å². The minimum Gasteiger partial charge on any atom is -0.497 e. The van der Waals surface area contributed by atoms with E-state index in [1.807, 2.05) is 43.1 Å². The van der Waals surface area contributed by atoms with Crippen LogP contribution in [0.3, 0.4) is 0 Å². The minimum absolute atomic E-state index is 0.545. The molecule has 1 heterocycles. The SMILES string of the molecule is CCCc1nc(N)c(C)c(N(C)c2ccc(OC)cc2)n1. The molecule has 0 saturated carbocycles. The predicted molar refractivity (Wildman–Crippen MR) is 86.2 cm³/mol. The molecule has 0 unspecified atom stereocenters. The van der Waals surface area contributed by atoms with Gasteiger partial charge in [0, 0.05) is 24.7 Å². The average Bonchev–Trinajstić information content (AvgIpc) is 2.50. The summed E-state index contributed by atoms with van der Waals surface area (Å²) in [6.07, 6.45) is 1.82. The molecular weight excluding hydrogens is 264 g/mol. The second kappa shape index (κ2) is 6.43. The Hall–Kier alpha value is -2.30. The van der Waals surface area contributed by atoms with Crippen LogP contribution in [0.1, 0.15) is 24.7 Å². The number of nitrogens with two attached hydrogens (primary N) is 1. The number of nitrogens with zero attached hydrogens (tertiary/aromatic N) is 3. The summed E-state index contributed by atoms with van der Waals surface area (Å²) in [4.78, 5) is 11.0. The average molecular weight is 286 g/mol. The van der Waals surface area contributed by atoms with Crippen molar-refractivity contribution < 1.29 is 4.74 Å². The quantitative estimate of drug-likeness (QED) is 0.915. The smallest absolute Gasteiger partial charge is 0.141 e. The van der Waals surface area contributed by atoms with Crippen LogP contribution >= 0.6 is 0 Å². The van der Waals surface area contributed by atoms with Crippen LogP contribution in [0.4, 0.5) is 17.3 Å². The van der Waals surface area contributed by atoms with Crippen molar-refractivity contribution in [3.05, 3.63) is 35.7 Å². The summed E-state index contributed by atoms with van der Waals surface area (Å²) in [6.45, 7) is 4.05. The van der Waals surface area contributed by atoms with Gasteiger partial charge in [-0.05, 0) is 37.6 Å². The number of benzene rings is 1. The van der Waals surface area contributed by atoms with Gasteiger partial charge in [-0.3, -0.25) is 0 Å². The molecule has 21 heavy (non-hydrogen) atoms. The molecule has 0 atom stereocenters. The van der Waals surface area contributed by atoms with E-state index in [0.29, 0.717) is 5.82 Å². The molecule has 0 spiro atoms. The summed E-state index contributed by atoms with van der Waals surface area (Å²) < 4.78 is 5.18. The van der Waals surface area contributed by atoms with E-state index in [1.54, 1.807) is 7.11 Å². The van der Waals surface area contributed by atoms with Crippen LogP contribution in [0.2, 0.25) is 0 Å². The number of rotatable bonds is 5. The van der Waals surface area contributed by atoms with E-state index in [2.05, 4.69) is 16.9 Å². The van der Waals surface area contributed by atoms with E-state index in [1.165, 1.54) is 0 Å². The molecule has 1 aromatic carbocycles. The third kappa shape index (κ3) is 3.24. The molecule has 0 aliphatic carbocycles. The van der Waals surface area contributed by atoms with E-state index in [0.717, 1.165) is 41.5 Å². The molecule has 0 fully saturated rings. The Balaban J connectivity index is 2.38. The predicted octanol–water partition coefficient (Wildman–Crippen LogP) is 3.10. The van der Waals surface area contributed by atoms with E-state index in [4.69, 9.17) is 10.5 Å². The first-order chi connectivity index (χ1) is 10.1. The van der Waals surface area contributed by atoms with Gasteiger partial charge in [0.2, 0.25) is 0 Å². The second-order valence-corrected chi connectivity index (χ2v) is 4.98. The van der Waals surface area contributed by atoms with Gasteiger partial charge in [0.05, 0.1) is 7.11 Å². The minimum atomic E-state index is 0.545. The normalized spacial score (nSPS) is 10.5. The molecule has 1 aromatic heterocycles. The monoisotopic (exact) mass is 286 g/mol. The highest BCUT2D eigenvalue weighted by Crippen LogP contribution is 2.28. The van der Waals surface area contributed by atoms with Crippen LogP contribution in [-0.4, -0.2) is 24.1 Å². The van der Waals surface area contributed by atoms with Gasteiger partial charge in [0.15, 0.2) is 0 Å². The van der Waals surface area contributed by atoms with Gasteiger partial charge < -0.3 is 15.4 Å². The maximum Gasteiger partial charge on any atom is 0.141 e. The fourth-order valence-corrected chi connectivity index (χ4v) is 2.16. The summed E-state index contributed by atoms with van der Waals surface area (Å²) in [5.41, 5.74) is 7.94. The Kier molecular flexibility index (Phi) is 4.62. The van der Waals surface area contributed by atoms with Crippen molar-refractivity contribution in [2.45, 2.75) is 26.7 Å². The maximum absolute atomic E-state index is 6.02. The Morgan fingerprint density at radius 3 is 2.43 bits per heavy atom. The highest BCUT2D eigenvalue weighted by atomic mass is 16.5. The van der Waals surface area contributed by atoms with Crippen molar-refractivity contribution in [3.63, 3.8) is 0 Å². The molecular formula is C16H22N4O. The molecule has 112 valence electrons. The zero-order valence-corrected chi connectivity index (χ0v) is 13.1. The molecule has 2 N–H and O–H groups in total. The first kappa shape index (κ1) is 15.1. The summed E-state index contributed by atoms with van der Waals surface area (Å²) in [7, 11) is 3.64. The van der Waals surface area contributed by atoms with Crippen LogP contribution in [0.25, 0.3) is 0 Å². The van der Waals surface area contributed by atoms with Crippen molar-refractivity contribution in [2.75, 3.05) is 24.8 Å². The molecule has 5 heteroatoms. The van der Waals surface area contributed by atoms with Crippen LogP contribution in [-0.2, 0) is 6.42 Å². The van der Waals surface area contributed by atoms with Crippen molar-refractivity contribution in [3.8, 4) is 5.75 Å². The summed E-state index contributed by atoms with van der Waals surface area (Å²) in [6, 6.07) is 7.85. The van der Waals surface area contributed by atoms with Crippen molar-refractivity contribution >= 4 is 17.3 Å². The molecule has 5 nitrogen and oxygen atoms in total. The van der Waals surface area contributed by atoms with Gasteiger partial charge in [0.25, 0.3) is 0 Å². The number of aromatic nitrogens is 2. The molecule has 0 saturated heterocycles. The lowest BCUT2D eigenvalue weighted by Gasteiger charge is -2.21. The van der Waals surface area contributed by atoms with E-state index in [9.17, 15) is 0 Å². The highest BCUT2D eigenvalue weighted by Gasteiger charge is 2.13. The van der Waals surface area contributed by atoms with Crippen molar-refractivity contribution in [2.24, 2.45) is 0 Å². The third-order valence-electron chi connectivity index (χ3n) is 3.46. The standard InChI is InChI=1S/C16H22N4O/c1-5-6-14-18-15(17)11(2)16(19-14)20(3)12-7-9-13(21-4)10-8-12/h7-10H,5-6H2,1-4H3,(H2,17,18,19). The molecule has 0 amide bonds. The lowest BCUT2D eigenvalue weighted by molar-refractivity contribution is 0.415. The Morgan fingerprint density at radius 1 is 1.19 bits per heavy atom. The van der Waals surface area contributed by atoms with E-state index in [-0.39, 0.29) is 0 Å². The molecule has 0 radical (unpaired) electrons. The summed E-state index contributed by atoms with van der Waals surface area (Å²) in [5, 5.41) is 0. The van der Waals surface area contributed by atoms with E-state index >= 15 is 0 Å². The van der Waals surface area contributed by atoms with Crippen LogP contribution in [0.5, 0.6) is 5.75 Å². The zero-order chi connectivity index (χ0) is 15.4. The van der Waals surface area contributed by atoms with Gasteiger partial charge >= 0.3 is 0 Å². The van der Waals surface area contributed by atoms with Crippen LogP contribution in [0, 0.1) is 6.92 Å². The van der Waals surface area contributed by atoms with Crippen molar-refractivity contribution in [1.82, 2.24) is 9.97 Å². The molecule has 2 aromatic rings. The number of ether oxygens (including phenoxy) is 1. The number of methoxy groups -OCH3 is 1. The van der Waals surface area contributed by atoms with Crippen LogP contribution in [0.15, 0.2) is 24.3 Å². The number of hydrogen-bond donors (Lipinski definition) is 1. The van der Waals surface area contributed by atoms with Gasteiger partial charge in [-0.15, -0.1) is 0 Å². The van der Waals surface area contributed by atoms with Gasteiger partial charge in [-0.25, -0.2) is 9.97 Å². The number of aryl methyl sites for hydroxylation is 1. The maximum atomic E-state index is 6.02. The first-order valence-electron chi connectivity index (χ1n) is 7.07. The molecule has 0 aliphatic rings. The lowest BCUT2D eigenvalue weighted by atomic mass is 10.2. The molecule has 0 bridgehead atoms. The van der Waals surface area contributed by atoms with Gasteiger partial charge in [-0.2, -0.15) is 0 Å². The largest absolute Gasteiger partial charge is 0.497 e. The lowest BCUT2D eigenvalue weighted by Crippen LogP contribution is -2.16. The Morgan fingerprint density at radius 2 is 1.86 bits per heavy atom. The van der Waals surface area contributed by atoms with Gasteiger partial charge in [0.1, 0.15) is 23.2 Å². The third-order valence-corrected chi connectivity index (χ3v) is 3.46. The summed E-state index contributed by atoms with van der Waals surface area (Å²) in [5.74, 6) is 3.01. The fraction of sp³-hybridized carbons (Fsp3) is 0.375. The Labute approximate surface area is 125 Å². The molecule has 0 aliphatic heterocycles. The Bertz CT molecular complexity index is 610. The number of nitrogen functional groups attached to an aromatic ring is 1. The van der Waals surface area contributed by atoms with E-state index < -0.39 is 0 Å². The zero-order valence-electron chi connectivity index (χ0n) is 13.1. The summed E-state index contributed by atoms with van der Waals surface area (Å²) >= 11 is 0. The fourth-order valence-electron chi connectivity index (χ4n) is 2.16. The molecule has 2 rings (SSSR count). The highest BCUT2D eigenvalue weighted by molar-refractivity contribution is 5.66.